The number of oxime groups is 1. The molecule has 5 heteroatoms. The average molecular weight is 239 g/mol. The van der Waals surface area contributed by atoms with Crippen molar-refractivity contribution in [3.8, 4) is 0 Å². The zero-order valence-electron chi connectivity index (χ0n) is 10.6. The summed E-state index contributed by atoms with van der Waals surface area (Å²) in [4.78, 5) is 29.2. The lowest BCUT2D eigenvalue weighted by molar-refractivity contribution is -0.169. The van der Waals surface area contributed by atoms with Crippen LogP contribution in [0.25, 0.3) is 0 Å². The van der Waals surface area contributed by atoms with Gasteiger partial charge in [-0.25, -0.2) is 4.79 Å². The highest BCUT2D eigenvalue weighted by Gasteiger charge is 2.64. The summed E-state index contributed by atoms with van der Waals surface area (Å²) in [6, 6.07) is 0. The third-order valence-corrected chi connectivity index (χ3v) is 3.41. The fourth-order valence-corrected chi connectivity index (χ4v) is 2.51. The molecule has 1 heterocycles. The summed E-state index contributed by atoms with van der Waals surface area (Å²) in [7, 11) is 1.30. The molecule has 0 aromatic heterocycles. The largest absolute Gasteiger partial charge is 0.466 e. The van der Waals surface area contributed by atoms with Crippen molar-refractivity contribution >= 4 is 17.5 Å². The van der Waals surface area contributed by atoms with Crippen molar-refractivity contribution < 1.29 is 19.2 Å². The molecule has 0 bridgehead atoms. The van der Waals surface area contributed by atoms with Gasteiger partial charge in [0.05, 0.1) is 12.8 Å². The Kier molecular flexibility index (Phi) is 2.52. The summed E-state index contributed by atoms with van der Waals surface area (Å²) in [5, 5.41) is 3.98. The van der Waals surface area contributed by atoms with Crippen molar-refractivity contribution in [1.29, 1.82) is 0 Å². The fraction of sp³-hybridized carbons (Fsp3) is 0.750. The molecule has 0 aromatic rings. The number of rotatable bonds is 1. The van der Waals surface area contributed by atoms with Gasteiger partial charge in [-0.1, -0.05) is 25.9 Å². The average Bonchev–Trinajstić information content (AvgIpc) is 2.76. The summed E-state index contributed by atoms with van der Waals surface area (Å²) in [5.74, 6) is -1.06. The Bertz CT molecular complexity index is 407. The first-order valence-corrected chi connectivity index (χ1v) is 5.70. The van der Waals surface area contributed by atoms with E-state index in [1.165, 1.54) is 7.11 Å². The Morgan fingerprint density at radius 3 is 2.71 bits per heavy atom. The zero-order chi connectivity index (χ0) is 12.8. The van der Waals surface area contributed by atoms with Crippen LogP contribution in [0.1, 0.15) is 33.6 Å². The highest BCUT2D eigenvalue weighted by Crippen LogP contribution is 2.46. The minimum Gasteiger partial charge on any atom is -0.466 e. The van der Waals surface area contributed by atoms with E-state index in [9.17, 15) is 9.59 Å². The smallest absolute Gasteiger partial charge is 0.354 e. The molecule has 2 unspecified atom stereocenters. The monoisotopic (exact) mass is 239 g/mol. The first-order chi connectivity index (χ1) is 7.83. The first kappa shape index (κ1) is 12.1. The van der Waals surface area contributed by atoms with E-state index in [1.54, 1.807) is 0 Å². The molecule has 2 atom stereocenters. The summed E-state index contributed by atoms with van der Waals surface area (Å²) in [5.41, 5.74) is -0.847. The number of carbonyl (C=O) groups is 2. The molecule has 0 radical (unpaired) electrons. The molecule has 1 aliphatic heterocycles. The van der Waals surface area contributed by atoms with Crippen LogP contribution in [0.3, 0.4) is 0 Å². The van der Waals surface area contributed by atoms with Crippen LogP contribution in [0.15, 0.2) is 5.16 Å². The number of Topliss-reactive ketones (excluding diaryl/α,β-unsaturated/α-hetero) is 1. The Morgan fingerprint density at radius 2 is 2.18 bits per heavy atom. The minimum atomic E-state index is -1.20. The van der Waals surface area contributed by atoms with Crippen LogP contribution in [0.5, 0.6) is 0 Å². The van der Waals surface area contributed by atoms with Gasteiger partial charge in [-0.3, -0.25) is 4.79 Å². The zero-order valence-corrected chi connectivity index (χ0v) is 10.6. The maximum atomic E-state index is 12.0. The van der Waals surface area contributed by atoms with E-state index < -0.39 is 17.5 Å². The molecular weight excluding hydrogens is 222 g/mol. The Balaban J connectivity index is 2.42. The van der Waals surface area contributed by atoms with E-state index in [-0.39, 0.29) is 11.2 Å². The van der Waals surface area contributed by atoms with Gasteiger partial charge in [0.1, 0.15) is 11.7 Å². The number of carbonyl (C=O) groups excluding carboxylic acids is 2. The van der Waals surface area contributed by atoms with Crippen molar-refractivity contribution in [3.05, 3.63) is 0 Å². The number of fused-ring (bicyclic) bond motifs is 1. The topological polar surface area (TPSA) is 65.0 Å². The van der Waals surface area contributed by atoms with Gasteiger partial charge < -0.3 is 9.57 Å². The molecule has 2 rings (SSSR count). The fourth-order valence-electron chi connectivity index (χ4n) is 2.51. The van der Waals surface area contributed by atoms with Gasteiger partial charge in [-0.15, -0.1) is 0 Å². The molecule has 0 spiro atoms. The van der Waals surface area contributed by atoms with E-state index in [4.69, 9.17) is 9.57 Å². The van der Waals surface area contributed by atoms with E-state index in [0.29, 0.717) is 18.6 Å². The molecule has 0 aromatic carbocycles. The molecule has 1 saturated carbocycles. The van der Waals surface area contributed by atoms with Crippen molar-refractivity contribution in [2.75, 3.05) is 7.11 Å². The number of ketones is 1. The predicted molar refractivity (Wildman–Crippen MR) is 60.5 cm³/mol. The molecule has 1 aliphatic carbocycles. The summed E-state index contributed by atoms with van der Waals surface area (Å²) in [6.45, 7) is 5.86. The van der Waals surface area contributed by atoms with E-state index >= 15 is 0 Å². The van der Waals surface area contributed by atoms with Gasteiger partial charge in [-0.2, -0.15) is 0 Å². The van der Waals surface area contributed by atoms with Crippen molar-refractivity contribution in [2.24, 2.45) is 16.5 Å². The van der Waals surface area contributed by atoms with E-state index in [0.717, 1.165) is 0 Å². The van der Waals surface area contributed by atoms with Gasteiger partial charge >= 0.3 is 5.97 Å². The molecule has 94 valence electrons. The second-order valence-electron chi connectivity index (χ2n) is 5.60. The molecule has 0 saturated heterocycles. The first-order valence-electron chi connectivity index (χ1n) is 5.70. The third-order valence-electron chi connectivity index (χ3n) is 3.41. The van der Waals surface area contributed by atoms with Gasteiger partial charge in [0.15, 0.2) is 0 Å². The van der Waals surface area contributed by atoms with Gasteiger partial charge in [0, 0.05) is 18.3 Å². The second-order valence-corrected chi connectivity index (χ2v) is 5.60. The third kappa shape index (κ3) is 1.56. The van der Waals surface area contributed by atoms with Gasteiger partial charge in [0.25, 0.3) is 0 Å². The highest BCUT2D eigenvalue weighted by atomic mass is 16.7. The lowest BCUT2D eigenvalue weighted by Crippen LogP contribution is -2.47. The number of hydrogen-bond acceptors (Lipinski definition) is 5. The van der Waals surface area contributed by atoms with Crippen LogP contribution in [0.4, 0.5) is 0 Å². The lowest BCUT2D eigenvalue weighted by atomic mass is 9.76. The van der Waals surface area contributed by atoms with Crippen LogP contribution >= 0.6 is 0 Å². The number of nitrogens with zero attached hydrogens (tertiary/aromatic N) is 1. The maximum Gasteiger partial charge on any atom is 0.354 e. The normalized spacial score (nSPS) is 31.9. The number of methoxy groups -OCH3 is 1. The van der Waals surface area contributed by atoms with Crippen LogP contribution < -0.4 is 0 Å². The van der Waals surface area contributed by atoms with Crippen molar-refractivity contribution in [1.82, 2.24) is 0 Å². The van der Waals surface area contributed by atoms with Crippen LogP contribution in [0.2, 0.25) is 0 Å². The summed E-state index contributed by atoms with van der Waals surface area (Å²) >= 11 is 0. The molecule has 5 nitrogen and oxygen atoms in total. The Morgan fingerprint density at radius 1 is 1.53 bits per heavy atom. The Hall–Kier alpha value is -1.39. The van der Waals surface area contributed by atoms with E-state index in [2.05, 4.69) is 5.16 Å². The molecule has 0 N–H and O–H groups in total. The molecule has 17 heavy (non-hydrogen) atoms. The van der Waals surface area contributed by atoms with Crippen LogP contribution in [-0.4, -0.2) is 30.2 Å². The number of ether oxygens (including phenoxy) is 1. The number of esters is 1. The Labute approximate surface area is 100 Å². The van der Waals surface area contributed by atoms with Crippen molar-refractivity contribution in [3.63, 3.8) is 0 Å². The predicted octanol–water partition coefficient (Wildman–Crippen LogP) is 1.31. The summed E-state index contributed by atoms with van der Waals surface area (Å²) < 4.78 is 4.76. The highest BCUT2D eigenvalue weighted by molar-refractivity contribution is 6.14. The van der Waals surface area contributed by atoms with Crippen molar-refractivity contribution in [2.45, 2.75) is 39.2 Å². The molecule has 1 fully saturated rings. The molecule has 0 amide bonds. The lowest BCUT2D eigenvalue weighted by Gasteiger charge is -2.26. The van der Waals surface area contributed by atoms with Gasteiger partial charge in [-0.05, 0) is 0 Å². The summed E-state index contributed by atoms with van der Waals surface area (Å²) in [6.07, 6.45) is 0.696. The second kappa shape index (κ2) is 3.55. The van der Waals surface area contributed by atoms with Crippen LogP contribution in [-0.2, 0) is 19.2 Å². The number of hydrogen-bond donors (Lipinski definition) is 0. The van der Waals surface area contributed by atoms with E-state index in [1.807, 2.05) is 20.8 Å². The van der Waals surface area contributed by atoms with Crippen LogP contribution in [0, 0.1) is 11.3 Å². The SMILES string of the molecule is COC(=O)C12CCC(=O)C1C(C(C)(C)C)=NO2. The molecular formula is C12H17NO4. The quantitative estimate of drug-likeness (QED) is 0.647. The van der Waals surface area contributed by atoms with Gasteiger partial charge in [0.2, 0.25) is 5.60 Å². The molecule has 2 aliphatic rings. The standard InChI is InChI=1S/C12H17NO4/c1-11(2,3)9-8-7(14)5-6-12(8,17-13-9)10(15)16-4/h8H,5-6H2,1-4H3. The maximum absolute atomic E-state index is 12.0. The minimum absolute atomic E-state index is 0.0153.